The van der Waals surface area contributed by atoms with E-state index >= 15 is 0 Å². The number of nitrogens with one attached hydrogen (secondary N) is 3. The number of ether oxygens (including phenoxy) is 3. The Hall–Kier alpha value is -5.49. The summed E-state index contributed by atoms with van der Waals surface area (Å²) < 4.78 is 17.3. The lowest BCUT2D eigenvalue weighted by Crippen LogP contribution is -2.48. The minimum atomic E-state index is -0.501. The van der Waals surface area contributed by atoms with Crippen LogP contribution in [0.4, 0.5) is 26.7 Å². The molecule has 0 radical (unpaired) electrons. The molecule has 2 aliphatic rings. The maximum absolute atomic E-state index is 13.6. The molecule has 4 aromatic carbocycles. The number of aliphatic hydroxyl groups is 1. The smallest absolute Gasteiger partial charge is 0.323 e. The maximum atomic E-state index is 13.6. The summed E-state index contributed by atoms with van der Waals surface area (Å²) in [5, 5.41) is 20.6. The highest BCUT2D eigenvalue weighted by Gasteiger charge is 2.32. The molecule has 0 aliphatic carbocycles. The number of carbonyl (C=O) groups excluding carboxylic acids is 3. The molecule has 0 unspecified atom stereocenters. The number of likely N-dealkylation sites (N-methyl/N-ethyl adjacent to an activating group) is 1. The zero-order valence-electron chi connectivity index (χ0n) is 27.1. The second-order valence-corrected chi connectivity index (χ2v) is 12.2. The van der Waals surface area contributed by atoms with Crippen molar-refractivity contribution in [3.8, 4) is 17.2 Å². The number of amides is 5. The van der Waals surface area contributed by atoms with Gasteiger partial charge in [-0.25, -0.2) is 9.59 Å². The summed E-state index contributed by atoms with van der Waals surface area (Å²) in [5.41, 5.74) is 2.26. The van der Waals surface area contributed by atoms with Crippen LogP contribution in [0.5, 0.6) is 17.2 Å². The van der Waals surface area contributed by atoms with Crippen molar-refractivity contribution in [3.63, 3.8) is 0 Å². The maximum Gasteiger partial charge on any atom is 0.323 e. The van der Waals surface area contributed by atoms with Crippen LogP contribution in [0.2, 0.25) is 0 Å². The largest absolute Gasteiger partial charge is 0.488 e. The van der Waals surface area contributed by atoms with Gasteiger partial charge in [-0.15, -0.1) is 0 Å². The minimum Gasteiger partial charge on any atom is -0.488 e. The lowest BCUT2D eigenvalue weighted by Gasteiger charge is -2.34. The number of rotatable bonds is 7. The average Bonchev–Trinajstić information content (AvgIpc) is 3.56. The number of anilines is 3. The van der Waals surface area contributed by atoms with E-state index in [2.05, 4.69) is 16.0 Å². The SMILES string of the molecule is C[C@@H]1CN([C@@H](C)CO)C(=O)Cc2cc(NC(=O)Nc3ccc4c(c3)OCO4)ccc2O[C@@H]1CN(C)C(=O)Nc1cccc2ccccc12. The number of hydrogen-bond donors (Lipinski definition) is 4. The van der Waals surface area contributed by atoms with Gasteiger partial charge >= 0.3 is 12.1 Å². The number of fused-ring (bicyclic) bond motifs is 3. The van der Waals surface area contributed by atoms with Crippen molar-refractivity contribution in [2.75, 3.05) is 49.5 Å². The van der Waals surface area contributed by atoms with E-state index in [0.29, 0.717) is 46.4 Å². The van der Waals surface area contributed by atoms with Crippen LogP contribution in [0.25, 0.3) is 10.8 Å². The van der Waals surface area contributed by atoms with Crippen molar-refractivity contribution in [3.05, 3.63) is 84.4 Å². The van der Waals surface area contributed by atoms with Crippen molar-refractivity contribution < 1.29 is 33.7 Å². The molecule has 5 amide bonds. The Balaban J connectivity index is 1.20. The molecule has 2 aliphatic heterocycles. The molecular formula is C36H39N5O7. The summed E-state index contributed by atoms with van der Waals surface area (Å²) in [7, 11) is 1.70. The summed E-state index contributed by atoms with van der Waals surface area (Å²) in [6.07, 6.45) is -0.505. The fourth-order valence-corrected chi connectivity index (χ4v) is 5.89. The molecule has 250 valence electrons. The summed E-state index contributed by atoms with van der Waals surface area (Å²) in [6, 6.07) is 22.6. The van der Waals surface area contributed by atoms with Crippen molar-refractivity contribution >= 4 is 45.8 Å². The molecule has 12 heteroatoms. The van der Waals surface area contributed by atoms with Gasteiger partial charge in [0.2, 0.25) is 12.7 Å². The monoisotopic (exact) mass is 653 g/mol. The first kappa shape index (κ1) is 32.5. The van der Waals surface area contributed by atoms with Crippen LogP contribution < -0.4 is 30.2 Å². The quantitative estimate of drug-likeness (QED) is 0.206. The second-order valence-electron chi connectivity index (χ2n) is 12.2. The van der Waals surface area contributed by atoms with Crippen LogP contribution in [0, 0.1) is 5.92 Å². The van der Waals surface area contributed by atoms with Crippen molar-refractivity contribution in [2.24, 2.45) is 5.92 Å². The van der Waals surface area contributed by atoms with Crippen molar-refractivity contribution in [1.82, 2.24) is 9.80 Å². The number of benzene rings is 4. The summed E-state index contributed by atoms with van der Waals surface area (Å²) in [4.78, 5) is 43.1. The van der Waals surface area contributed by atoms with Gasteiger partial charge in [-0.05, 0) is 48.7 Å². The topological polar surface area (TPSA) is 142 Å². The van der Waals surface area contributed by atoms with E-state index < -0.39 is 18.2 Å². The van der Waals surface area contributed by atoms with E-state index in [1.165, 1.54) is 0 Å². The van der Waals surface area contributed by atoms with Crippen LogP contribution in [-0.4, -0.2) is 78.6 Å². The van der Waals surface area contributed by atoms with Crippen LogP contribution in [0.1, 0.15) is 19.4 Å². The van der Waals surface area contributed by atoms with Gasteiger partial charge in [-0.1, -0.05) is 43.3 Å². The van der Waals surface area contributed by atoms with Crippen LogP contribution in [0.15, 0.2) is 78.9 Å². The molecule has 3 atom stereocenters. The molecule has 0 aromatic heterocycles. The molecule has 0 bridgehead atoms. The first-order chi connectivity index (χ1) is 23.2. The van der Waals surface area contributed by atoms with Gasteiger partial charge in [0.25, 0.3) is 0 Å². The fraction of sp³-hybridized carbons (Fsp3) is 0.306. The lowest BCUT2D eigenvalue weighted by atomic mass is 10.0. The summed E-state index contributed by atoms with van der Waals surface area (Å²) in [6.45, 7) is 4.23. The molecule has 48 heavy (non-hydrogen) atoms. The highest BCUT2D eigenvalue weighted by atomic mass is 16.7. The van der Waals surface area contributed by atoms with Gasteiger partial charge in [0.05, 0.1) is 31.3 Å². The van der Waals surface area contributed by atoms with Gasteiger partial charge in [0.1, 0.15) is 11.9 Å². The third-order valence-electron chi connectivity index (χ3n) is 8.64. The van der Waals surface area contributed by atoms with E-state index in [9.17, 15) is 19.5 Å². The average molecular weight is 654 g/mol. The van der Waals surface area contributed by atoms with E-state index in [1.54, 1.807) is 60.2 Å². The first-order valence-electron chi connectivity index (χ1n) is 15.9. The zero-order chi connectivity index (χ0) is 33.8. The van der Waals surface area contributed by atoms with E-state index in [0.717, 1.165) is 10.8 Å². The number of hydrogen-bond acceptors (Lipinski definition) is 7. The molecule has 4 aromatic rings. The van der Waals surface area contributed by atoms with E-state index in [1.807, 2.05) is 49.4 Å². The Bertz CT molecular complexity index is 1830. The molecule has 0 saturated carbocycles. The summed E-state index contributed by atoms with van der Waals surface area (Å²) >= 11 is 0. The molecule has 0 spiro atoms. The first-order valence-corrected chi connectivity index (χ1v) is 15.9. The van der Waals surface area contributed by atoms with Gasteiger partial charge in [0.15, 0.2) is 11.5 Å². The van der Waals surface area contributed by atoms with Gasteiger partial charge in [-0.3, -0.25) is 4.79 Å². The molecular weight excluding hydrogens is 614 g/mol. The predicted octanol–water partition coefficient (Wildman–Crippen LogP) is 5.53. The highest BCUT2D eigenvalue weighted by Crippen LogP contribution is 2.34. The van der Waals surface area contributed by atoms with Crippen LogP contribution in [0.3, 0.4) is 0 Å². The van der Waals surface area contributed by atoms with Gasteiger partial charge in [0, 0.05) is 47.9 Å². The Morgan fingerprint density at radius 1 is 0.938 bits per heavy atom. The van der Waals surface area contributed by atoms with Crippen molar-refractivity contribution in [2.45, 2.75) is 32.4 Å². The Labute approximate surface area is 278 Å². The number of carbonyl (C=O) groups is 3. The zero-order valence-corrected chi connectivity index (χ0v) is 27.1. The molecule has 2 heterocycles. The minimum absolute atomic E-state index is 0.00415. The highest BCUT2D eigenvalue weighted by molar-refractivity contribution is 6.02. The van der Waals surface area contributed by atoms with Gasteiger partial charge < -0.3 is 45.1 Å². The number of nitrogens with zero attached hydrogens (tertiary/aromatic N) is 2. The Morgan fingerprint density at radius 3 is 2.44 bits per heavy atom. The predicted molar refractivity (Wildman–Crippen MR) is 183 cm³/mol. The molecule has 12 nitrogen and oxygen atoms in total. The standard InChI is InChI=1S/C36H39N5O7/c1-22-18-41(23(2)20-42)34(43)16-25-15-26(37-35(44)38-27-12-14-31-32(17-27)47-21-46-31)11-13-30(25)48-33(22)19-40(3)36(45)39-29-10-6-8-24-7-4-5-9-28(24)29/h4-15,17,22-23,33,42H,16,18-21H2,1-3H3,(H,39,45)(H2,37,38,44)/t22-,23+,33-/m1/s1. The van der Waals surface area contributed by atoms with E-state index in [4.69, 9.17) is 14.2 Å². The number of urea groups is 2. The molecule has 6 rings (SSSR count). The van der Waals surface area contributed by atoms with Crippen LogP contribution >= 0.6 is 0 Å². The fourth-order valence-electron chi connectivity index (χ4n) is 5.89. The van der Waals surface area contributed by atoms with Gasteiger partial charge in [-0.2, -0.15) is 0 Å². The summed E-state index contributed by atoms with van der Waals surface area (Å²) in [5.74, 6) is 1.24. The number of aliphatic hydroxyl groups excluding tert-OH is 1. The van der Waals surface area contributed by atoms with Crippen molar-refractivity contribution in [1.29, 1.82) is 0 Å². The molecule has 4 N–H and O–H groups in total. The molecule has 0 fully saturated rings. The third-order valence-corrected chi connectivity index (χ3v) is 8.64. The van der Waals surface area contributed by atoms with E-state index in [-0.39, 0.29) is 44.2 Å². The molecule has 0 saturated heterocycles. The normalized spacial score (nSPS) is 17.7. The third kappa shape index (κ3) is 7.23. The Morgan fingerprint density at radius 2 is 1.65 bits per heavy atom. The van der Waals surface area contributed by atoms with Crippen LogP contribution in [-0.2, 0) is 11.2 Å². The Kier molecular flexibility index (Phi) is 9.53. The lowest BCUT2D eigenvalue weighted by molar-refractivity contribution is -0.134. The second kappa shape index (κ2) is 14.1.